The Bertz CT molecular complexity index is 172. The van der Waals surface area contributed by atoms with Crippen molar-refractivity contribution in [2.45, 2.75) is 33.2 Å². The van der Waals surface area contributed by atoms with Gasteiger partial charge in [0, 0.05) is 31.0 Å². The molecule has 11 heavy (non-hydrogen) atoms. The highest BCUT2D eigenvalue weighted by Crippen LogP contribution is 2.33. The highest BCUT2D eigenvalue weighted by molar-refractivity contribution is 4.97. The molecule has 1 heterocycles. The molecule has 62 valence electrons. The molecule has 2 nitrogen and oxygen atoms in total. The van der Waals surface area contributed by atoms with E-state index >= 15 is 0 Å². The first-order valence-corrected chi connectivity index (χ1v) is 4.18. The van der Waals surface area contributed by atoms with Crippen molar-refractivity contribution in [3.05, 3.63) is 0 Å². The molecule has 0 atom stereocenters. The Morgan fingerprint density at radius 1 is 1.55 bits per heavy atom. The van der Waals surface area contributed by atoms with E-state index in [0.717, 1.165) is 13.1 Å². The molecule has 1 rings (SSSR count). The van der Waals surface area contributed by atoms with Gasteiger partial charge in [0.2, 0.25) is 0 Å². The molecule has 1 fully saturated rings. The van der Waals surface area contributed by atoms with Crippen LogP contribution in [0.4, 0.5) is 0 Å². The first kappa shape index (κ1) is 8.55. The van der Waals surface area contributed by atoms with Crippen LogP contribution in [0.3, 0.4) is 0 Å². The fourth-order valence-corrected chi connectivity index (χ4v) is 1.60. The van der Waals surface area contributed by atoms with Gasteiger partial charge < -0.3 is 0 Å². The number of hydrogen-bond donors (Lipinski definition) is 0. The van der Waals surface area contributed by atoms with Crippen LogP contribution in [0, 0.1) is 16.7 Å². The smallest absolute Gasteiger partial charge is 0.0628 e. The molecule has 0 aliphatic carbocycles. The SMILES string of the molecule is CC(C)N1CC(C)(CC#N)C1. The van der Waals surface area contributed by atoms with Crippen LogP contribution in [0.1, 0.15) is 27.2 Å². The van der Waals surface area contributed by atoms with E-state index < -0.39 is 0 Å². The predicted octanol–water partition coefficient (Wildman–Crippen LogP) is 1.63. The molecule has 1 aliphatic heterocycles. The summed E-state index contributed by atoms with van der Waals surface area (Å²) in [6.07, 6.45) is 0.705. The van der Waals surface area contributed by atoms with Gasteiger partial charge in [0.25, 0.3) is 0 Å². The summed E-state index contributed by atoms with van der Waals surface area (Å²) in [5.41, 5.74) is 0.291. The molecule has 2 heteroatoms. The summed E-state index contributed by atoms with van der Waals surface area (Å²) in [6, 6.07) is 2.88. The van der Waals surface area contributed by atoms with Crippen molar-refractivity contribution in [2.24, 2.45) is 5.41 Å². The number of hydrogen-bond acceptors (Lipinski definition) is 2. The normalized spacial score (nSPS) is 22.8. The van der Waals surface area contributed by atoms with Crippen LogP contribution >= 0.6 is 0 Å². The Balaban J connectivity index is 2.33. The Kier molecular flexibility index (Phi) is 2.20. The number of nitriles is 1. The van der Waals surface area contributed by atoms with Crippen LogP contribution in [-0.4, -0.2) is 24.0 Å². The summed E-state index contributed by atoms with van der Waals surface area (Å²) in [6.45, 7) is 8.78. The van der Waals surface area contributed by atoms with Gasteiger partial charge in [0.15, 0.2) is 0 Å². The van der Waals surface area contributed by atoms with Gasteiger partial charge in [-0.1, -0.05) is 6.92 Å². The van der Waals surface area contributed by atoms with Crippen LogP contribution in [-0.2, 0) is 0 Å². The first-order chi connectivity index (χ1) is 5.07. The Labute approximate surface area is 68.8 Å². The minimum Gasteiger partial charge on any atom is -0.300 e. The lowest BCUT2D eigenvalue weighted by Gasteiger charge is -2.49. The minimum absolute atomic E-state index is 0.291. The summed E-state index contributed by atoms with van der Waals surface area (Å²) >= 11 is 0. The van der Waals surface area contributed by atoms with Gasteiger partial charge in [-0.2, -0.15) is 5.26 Å². The van der Waals surface area contributed by atoms with Crippen molar-refractivity contribution in [3.8, 4) is 6.07 Å². The van der Waals surface area contributed by atoms with Gasteiger partial charge >= 0.3 is 0 Å². The van der Waals surface area contributed by atoms with Crippen molar-refractivity contribution >= 4 is 0 Å². The zero-order chi connectivity index (χ0) is 8.48. The van der Waals surface area contributed by atoms with Gasteiger partial charge in [0.1, 0.15) is 0 Å². The van der Waals surface area contributed by atoms with Gasteiger partial charge in [0.05, 0.1) is 6.07 Å². The van der Waals surface area contributed by atoms with Crippen molar-refractivity contribution < 1.29 is 0 Å². The lowest BCUT2D eigenvalue weighted by atomic mass is 9.78. The first-order valence-electron chi connectivity index (χ1n) is 4.18. The summed E-state index contributed by atoms with van der Waals surface area (Å²) in [4.78, 5) is 2.40. The van der Waals surface area contributed by atoms with Gasteiger partial charge in [-0.15, -0.1) is 0 Å². The van der Waals surface area contributed by atoms with Crippen molar-refractivity contribution in [1.29, 1.82) is 5.26 Å². The molecule has 0 amide bonds. The highest BCUT2D eigenvalue weighted by Gasteiger charge is 2.39. The molecule has 0 aromatic carbocycles. The summed E-state index contributed by atoms with van der Waals surface area (Å²) in [7, 11) is 0. The average molecular weight is 152 g/mol. The Morgan fingerprint density at radius 3 is 2.45 bits per heavy atom. The molecule has 0 N–H and O–H groups in total. The largest absolute Gasteiger partial charge is 0.300 e. The molecule has 0 spiro atoms. The third kappa shape index (κ3) is 1.72. The molecular formula is C9H16N2. The third-order valence-electron chi connectivity index (χ3n) is 2.41. The maximum Gasteiger partial charge on any atom is 0.0628 e. The molecule has 0 aromatic rings. The summed E-state index contributed by atoms with van der Waals surface area (Å²) < 4.78 is 0. The predicted molar refractivity (Wildman–Crippen MR) is 45.0 cm³/mol. The van der Waals surface area contributed by atoms with Gasteiger partial charge in [-0.3, -0.25) is 4.90 Å². The molecule has 0 radical (unpaired) electrons. The second kappa shape index (κ2) is 2.83. The van der Waals surface area contributed by atoms with Crippen molar-refractivity contribution in [3.63, 3.8) is 0 Å². The molecule has 0 aromatic heterocycles. The zero-order valence-corrected chi connectivity index (χ0v) is 7.59. The minimum atomic E-state index is 0.291. The van der Waals surface area contributed by atoms with Crippen LogP contribution in [0.2, 0.25) is 0 Å². The van der Waals surface area contributed by atoms with Crippen molar-refractivity contribution in [2.75, 3.05) is 13.1 Å². The average Bonchev–Trinajstić information content (AvgIpc) is 1.82. The molecule has 0 bridgehead atoms. The Hall–Kier alpha value is -0.550. The lowest BCUT2D eigenvalue weighted by Crippen LogP contribution is -2.56. The quantitative estimate of drug-likeness (QED) is 0.601. The number of likely N-dealkylation sites (tertiary alicyclic amines) is 1. The van der Waals surface area contributed by atoms with Gasteiger partial charge in [-0.05, 0) is 13.8 Å². The fourth-order valence-electron chi connectivity index (χ4n) is 1.60. The van der Waals surface area contributed by atoms with E-state index in [-0.39, 0.29) is 0 Å². The Morgan fingerprint density at radius 2 is 2.09 bits per heavy atom. The second-order valence-corrected chi connectivity index (χ2v) is 4.14. The van der Waals surface area contributed by atoms with E-state index in [1.807, 2.05) is 0 Å². The van der Waals surface area contributed by atoms with E-state index in [1.54, 1.807) is 0 Å². The standard InChI is InChI=1S/C9H16N2/c1-8(2)11-6-9(3,7-11)4-5-10/h8H,4,6-7H2,1-3H3. The molecule has 1 aliphatic rings. The molecule has 1 saturated heterocycles. The second-order valence-electron chi connectivity index (χ2n) is 4.14. The molecular weight excluding hydrogens is 136 g/mol. The maximum absolute atomic E-state index is 8.52. The van der Waals surface area contributed by atoms with E-state index in [4.69, 9.17) is 5.26 Å². The third-order valence-corrected chi connectivity index (χ3v) is 2.41. The molecule has 0 unspecified atom stereocenters. The lowest BCUT2D eigenvalue weighted by molar-refractivity contribution is -0.00466. The summed E-state index contributed by atoms with van der Waals surface area (Å²) in [5, 5.41) is 8.52. The van der Waals surface area contributed by atoms with E-state index in [9.17, 15) is 0 Å². The zero-order valence-electron chi connectivity index (χ0n) is 7.59. The molecule has 0 saturated carbocycles. The summed E-state index contributed by atoms with van der Waals surface area (Å²) in [5.74, 6) is 0. The monoisotopic (exact) mass is 152 g/mol. The van der Waals surface area contributed by atoms with Crippen LogP contribution in [0.15, 0.2) is 0 Å². The number of rotatable bonds is 2. The fraction of sp³-hybridized carbons (Fsp3) is 0.889. The van der Waals surface area contributed by atoms with E-state index in [2.05, 4.69) is 31.7 Å². The van der Waals surface area contributed by atoms with Crippen LogP contribution in [0.25, 0.3) is 0 Å². The number of nitrogens with zero attached hydrogens (tertiary/aromatic N) is 2. The van der Waals surface area contributed by atoms with Crippen LogP contribution < -0.4 is 0 Å². The van der Waals surface area contributed by atoms with Crippen LogP contribution in [0.5, 0.6) is 0 Å². The van der Waals surface area contributed by atoms with E-state index in [1.165, 1.54) is 0 Å². The maximum atomic E-state index is 8.52. The topological polar surface area (TPSA) is 27.0 Å². The highest BCUT2D eigenvalue weighted by atomic mass is 15.2. The van der Waals surface area contributed by atoms with Gasteiger partial charge in [-0.25, -0.2) is 0 Å². The van der Waals surface area contributed by atoms with E-state index in [0.29, 0.717) is 17.9 Å². The van der Waals surface area contributed by atoms with Crippen molar-refractivity contribution in [1.82, 2.24) is 4.90 Å².